The number of anilines is 1. The molecule has 0 radical (unpaired) electrons. The largest absolute Gasteiger partial charge is 0.497 e. The number of nitrogens with one attached hydrogen (secondary N) is 1. The summed E-state index contributed by atoms with van der Waals surface area (Å²) < 4.78 is 13.2. The molecular weight excluding hydrogens is 576 g/mol. The number of benzene rings is 3. The molecule has 0 atom stereocenters. The number of hydrogen-bond acceptors (Lipinski definition) is 5. The molecule has 4 aromatic rings. The van der Waals surface area contributed by atoms with E-state index in [2.05, 4.69) is 12.2 Å². The van der Waals surface area contributed by atoms with Crippen molar-refractivity contribution in [1.29, 1.82) is 0 Å². The van der Waals surface area contributed by atoms with E-state index in [-0.39, 0.29) is 23.9 Å². The Bertz CT molecular complexity index is 1730. The van der Waals surface area contributed by atoms with Crippen molar-refractivity contribution in [2.75, 3.05) is 39.3 Å². The van der Waals surface area contributed by atoms with Crippen molar-refractivity contribution in [2.24, 2.45) is 0 Å². The molecule has 0 bridgehead atoms. The molecule has 3 heterocycles. The minimum absolute atomic E-state index is 0.0144. The number of amides is 2. The predicted molar refractivity (Wildman–Crippen MR) is 173 cm³/mol. The van der Waals surface area contributed by atoms with Gasteiger partial charge in [-0.1, -0.05) is 41.9 Å². The highest BCUT2D eigenvalue weighted by molar-refractivity contribution is 6.34. The third-order valence-electron chi connectivity index (χ3n) is 9.16. The Morgan fingerprint density at radius 2 is 1.70 bits per heavy atom. The predicted octanol–water partition coefficient (Wildman–Crippen LogP) is 6.25. The van der Waals surface area contributed by atoms with Crippen LogP contribution in [0.5, 0.6) is 11.5 Å². The number of piperidine rings is 1. The van der Waals surface area contributed by atoms with E-state index in [1.165, 1.54) is 0 Å². The SMILES string of the molecule is COc1cccc(-c2cc(OC)c(C(=O)N3Cc4ccc(C(=O)N(C)C5(C)CCNCC5)n4Cc4ccccc43)cc2Cl)c1. The summed E-state index contributed by atoms with van der Waals surface area (Å²) in [5.41, 5.74) is 4.95. The Hall–Kier alpha value is -4.27. The van der Waals surface area contributed by atoms with Crippen LogP contribution in [0.2, 0.25) is 5.02 Å². The normalized spacial score (nSPS) is 15.5. The van der Waals surface area contributed by atoms with Gasteiger partial charge in [-0.25, -0.2) is 0 Å². The van der Waals surface area contributed by atoms with Crippen LogP contribution in [0.15, 0.2) is 72.8 Å². The molecule has 228 valence electrons. The van der Waals surface area contributed by atoms with Gasteiger partial charge in [-0.2, -0.15) is 0 Å². The molecule has 44 heavy (non-hydrogen) atoms. The van der Waals surface area contributed by atoms with Crippen LogP contribution in [0.3, 0.4) is 0 Å². The van der Waals surface area contributed by atoms with E-state index >= 15 is 0 Å². The van der Waals surface area contributed by atoms with Gasteiger partial charge in [0.05, 0.1) is 32.9 Å². The number of rotatable bonds is 6. The fraction of sp³-hybridized carbons (Fsp3) is 0.314. The number of para-hydroxylation sites is 1. The van der Waals surface area contributed by atoms with Gasteiger partial charge in [0.25, 0.3) is 11.8 Å². The molecule has 2 aliphatic heterocycles. The van der Waals surface area contributed by atoms with Gasteiger partial charge in [-0.3, -0.25) is 9.59 Å². The van der Waals surface area contributed by atoms with Gasteiger partial charge in [-0.05, 0) is 86.4 Å². The average Bonchev–Trinajstić information content (AvgIpc) is 3.36. The quantitative estimate of drug-likeness (QED) is 0.279. The number of methoxy groups -OCH3 is 2. The molecule has 3 aromatic carbocycles. The second kappa shape index (κ2) is 12.0. The molecule has 9 heteroatoms. The van der Waals surface area contributed by atoms with E-state index in [1.807, 2.05) is 77.2 Å². The van der Waals surface area contributed by atoms with Crippen LogP contribution < -0.4 is 19.7 Å². The zero-order chi connectivity index (χ0) is 31.0. The summed E-state index contributed by atoms with van der Waals surface area (Å²) >= 11 is 6.81. The number of halogens is 1. The minimum atomic E-state index is -0.241. The van der Waals surface area contributed by atoms with E-state index in [4.69, 9.17) is 21.1 Å². The molecule has 6 rings (SSSR count). The number of carbonyl (C=O) groups is 2. The molecule has 0 unspecified atom stereocenters. The lowest BCUT2D eigenvalue weighted by molar-refractivity contribution is 0.0509. The molecule has 8 nitrogen and oxygen atoms in total. The van der Waals surface area contributed by atoms with Gasteiger partial charge < -0.3 is 29.2 Å². The second-order valence-electron chi connectivity index (χ2n) is 11.7. The molecule has 0 saturated carbocycles. The number of fused-ring (bicyclic) bond motifs is 2. The zero-order valence-corrected chi connectivity index (χ0v) is 26.3. The van der Waals surface area contributed by atoms with Crippen molar-refractivity contribution in [3.8, 4) is 22.6 Å². The lowest BCUT2D eigenvalue weighted by Gasteiger charge is -2.42. The summed E-state index contributed by atoms with van der Waals surface area (Å²) in [5, 5.41) is 3.82. The highest BCUT2D eigenvalue weighted by Gasteiger charge is 2.36. The fourth-order valence-corrected chi connectivity index (χ4v) is 6.57. The summed E-state index contributed by atoms with van der Waals surface area (Å²) in [6, 6.07) is 22.7. The fourth-order valence-electron chi connectivity index (χ4n) is 6.29. The zero-order valence-electron chi connectivity index (χ0n) is 25.5. The molecule has 1 aromatic heterocycles. The number of ether oxygens (including phenoxy) is 2. The number of nitrogens with zero attached hydrogens (tertiary/aromatic N) is 3. The first-order valence-corrected chi connectivity index (χ1v) is 15.2. The van der Waals surface area contributed by atoms with E-state index in [0.717, 1.165) is 54.0 Å². The van der Waals surface area contributed by atoms with E-state index in [1.54, 1.807) is 31.3 Å². The average molecular weight is 613 g/mol. The van der Waals surface area contributed by atoms with Gasteiger partial charge in [0, 0.05) is 34.6 Å². The van der Waals surface area contributed by atoms with Gasteiger partial charge in [0.1, 0.15) is 17.2 Å². The molecule has 1 fully saturated rings. The third kappa shape index (κ3) is 5.33. The Balaban J connectivity index is 1.37. The summed E-state index contributed by atoms with van der Waals surface area (Å²) in [6.45, 7) is 4.69. The van der Waals surface area contributed by atoms with Crippen molar-refractivity contribution in [2.45, 2.75) is 38.4 Å². The first-order chi connectivity index (χ1) is 21.2. The second-order valence-corrected chi connectivity index (χ2v) is 12.1. The maximum Gasteiger partial charge on any atom is 0.270 e. The molecule has 1 N–H and O–H groups in total. The van der Waals surface area contributed by atoms with Gasteiger partial charge in [0.2, 0.25) is 0 Å². The Morgan fingerprint density at radius 3 is 2.45 bits per heavy atom. The summed E-state index contributed by atoms with van der Waals surface area (Å²) in [7, 11) is 5.07. The highest BCUT2D eigenvalue weighted by atomic mass is 35.5. The van der Waals surface area contributed by atoms with E-state index in [0.29, 0.717) is 34.3 Å². The van der Waals surface area contributed by atoms with E-state index in [9.17, 15) is 9.59 Å². The lowest BCUT2D eigenvalue weighted by atomic mass is 9.88. The Morgan fingerprint density at radius 1 is 0.932 bits per heavy atom. The topological polar surface area (TPSA) is 76.0 Å². The van der Waals surface area contributed by atoms with Crippen LogP contribution in [-0.2, 0) is 13.1 Å². The molecule has 0 spiro atoms. The van der Waals surface area contributed by atoms with Crippen molar-refractivity contribution >= 4 is 29.1 Å². The van der Waals surface area contributed by atoms with E-state index < -0.39 is 0 Å². The molecular formula is C35H37ClN4O4. The first-order valence-electron chi connectivity index (χ1n) is 14.8. The lowest BCUT2D eigenvalue weighted by Crippen LogP contribution is -2.53. The van der Waals surface area contributed by atoms with Crippen molar-refractivity contribution < 1.29 is 19.1 Å². The smallest absolute Gasteiger partial charge is 0.270 e. The summed E-state index contributed by atoms with van der Waals surface area (Å²) in [6.07, 6.45) is 1.80. The van der Waals surface area contributed by atoms with Gasteiger partial charge in [-0.15, -0.1) is 0 Å². The maximum atomic E-state index is 14.4. The molecule has 2 amide bonds. The first kappa shape index (κ1) is 29.8. The van der Waals surface area contributed by atoms with Crippen LogP contribution in [0.4, 0.5) is 5.69 Å². The van der Waals surface area contributed by atoms with Gasteiger partial charge in [0.15, 0.2) is 0 Å². The highest BCUT2D eigenvalue weighted by Crippen LogP contribution is 2.38. The monoisotopic (exact) mass is 612 g/mol. The summed E-state index contributed by atoms with van der Waals surface area (Å²) in [4.78, 5) is 31.9. The minimum Gasteiger partial charge on any atom is -0.497 e. The molecule has 0 aliphatic carbocycles. The van der Waals surface area contributed by atoms with Crippen molar-refractivity contribution in [3.05, 3.63) is 100 Å². The molecule has 1 saturated heterocycles. The standard InChI is InChI=1S/C35H37ClN4O4/c1-35(14-16-37-17-15-35)38(2)34(42)31-13-12-25-22-40(30-11-6-5-8-24(30)21-39(25)31)33(41)28-19-29(36)27(20-32(28)44-4)23-9-7-10-26(18-23)43-3/h5-13,18-20,37H,14-17,21-22H2,1-4H3. The van der Waals surface area contributed by atoms with Crippen LogP contribution in [0, 0.1) is 0 Å². The number of carbonyl (C=O) groups excluding carboxylic acids is 2. The number of aromatic nitrogens is 1. The maximum absolute atomic E-state index is 14.4. The van der Waals surface area contributed by atoms with Crippen LogP contribution in [-0.4, -0.2) is 61.2 Å². The molecule has 2 aliphatic rings. The number of hydrogen-bond donors (Lipinski definition) is 1. The van der Waals surface area contributed by atoms with Crippen molar-refractivity contribution in [3.63, 3.8) is 0 Å². The van der Waals surface area contributed by atoms with Gasteiger partial charge >= 0.3 is 0 Å². The Labute approximate surface area is 263 Å². The Kier molecular flexibility index (Phi) is 8.14. The van der Waals surface area contributed by atoms with Crippen molar-refractivity contribution in [1.82, 2.24) is 14.8 Å². The van der Waals surface area contributed by atoms with Crippen LogP contribution >= 0.6 is 11.6 Å². The van der Waals surface area contributed by atoms with Crippen LogP contribution in [0.25, 0.3) is 11.1 Å². The third-order valence-corrected chi connectivity index (χ3v) is 9.47. The van der Waals surface area contributed by atoms with Crippen LogP contribution in [0.1, 0.15) is 51.9 Å². The summed E-state index contributed by atoms with van der Waals surface area (Å²) in [5.74, 6) is 0.868.